The number of hydrogen-bond acceptors (Lipinski definition) is 4. The number of fused-ring (bicyclic) bond motifs is 2. The first kappa shape index (κ1) is 14.8. The van der Waals surface area contributed by atoms with Crippen LogP contribution in [0.2, 0.25) is 0 Å². The van der Waals surface area contributed by atoms with E-state index in [9.17, 15) is 4.79 Å². The standard InChI is InChI=1S/C18H24N2O3/c21-18(20-10-9-19-8-2-1-3-15(19)12-20)7-5-14-4-6-16-17(11-14)23-13-22-16/h4,6,11,15H,1-3,5,7-10,12-13H2/t15-/m0/s1. The minimum absolute atomic E-state index is 0.285. The van der Waals surface area contributed by atoms with E-state index >= 15 is 0 Å². The molecular weight excluding hydrogens is 292 g/mol. The van der Waals surface area contributed by atoms with Crippen molar-refractivity contribution in [1.29, 1.82) is 0 Å². The lowest BCUT2D eigenvalue weighted by Crippen LogP contribution is -2.56. The van der Waals surface area contributed by atoms with Gasteiger partial charge in [0.2, 0.25) is 12.7 Å². The van der Waals surface area contributed by atoms with Gasteiger partial charge in [0.1, 0.15) is 0 Å². The summed E-state index contributed by atoms with van der Waals surface area (Å²) in [6.07, 6.45) is 5.20. The van der Waals surface area contributed by atoms with E-state index < -0.39 is 0 Å². The third-order valence-electron chi connectivity index (χ3n) is 5.25. The van der Waals surface area contributed by atoms with Crippen LogP contribution in [0.3, 0.4) is 0 Å². The Morgan fingerprint density at radius 2 is 2.04 bits per heavy atom. The van der Waals surface area contributed by atoms with Crippen LogP contribution in [-0.4, -0.2) is 54.7 Å². The number of piperidine rings is 1. The number of ether oxygens (including phenoxy) is 2. The lowest BCUT2D eigenvalue weighted by molar-refractivity contribution is -0.134. The molecule has 1 aromatic rings. The van der Waals surface area contributed by atoms with Gasteiger partial charge >= 0.3 is 0 Å². The molecule has 4 rings (SSSR count). The van der Waals surface area contributed by atoms with Crippen molar-refractivity contribution in [3.63, 3.8) is 0 Å². The number of carbonyl (C=O) groups excluding carboxylic acids is 1. The molecule has 3 aliphatic rings. The summed E-state index contributed by atoms with van der Waals surface area (Å²) in [5, 5.41) is 0. The molecule has 124 valence electrons. The Kier molecular flexibility index (Phi) is 4.12. The Bertz CT molecular complexity index is 590. The van der Waals surface area contributed by atoms with E-state index in [0.29, 0.717) is 19.3 Å². The van der Waals surface area contributed by atoms with Crippen LogP contribution >= 0.6 is 0 Å². The summed E-state index contributed by atoms with van der Waals surface area (Å²) in [6, 6.07) is 6.55. The maximum atomic E-state index is 12.5. The number of benzene rings is 1. The van der Waals surface area contributed by atoms with Crippen molar-refractivity contribution < 1.29 is 14.3 Å². The Morgan fingerprint density at radius 1 is 1.13 bits per heavy atom. The van der Waals surface area contributed by atoms with Crippen molar-refractivity contribution in [2.45, 2.75) is 38.1 Å². The molecule has 0 spiro atoms. The van der Waals surface area contributed by atoms with E-state index in [1.807, 2.05) is 18.2 Å². The molecule has 0 bridgehead atoms. The molecule has 2 saturated heterocycles. The molecule has 3 heterocycles. The molecule has 1 aromatic carbocycles. The lowest BCUT2D eigenvalue weighted by Gasteiger charge is -2.44. The molecule has 3 aliphatic heterocycles. The number of rotatable bonds is 3. The van der Waals surface area contributed by atoms with E-state index in [-0.39, 0.29) is 5.91 Å². The highest BCUT2D eigenvalue weighted by Gasteiger charge is 2.30. The Balaban J connectivity index is 1.31. The molecule has 0 aliphatic carbocycles. The molecule has 23 heavy (non-hydrogen) atoms. The smallest absolute Gasteiger partial charge is 0.231 e. The van der Waals surface area contributed by atoms with Crippen LogP contribution in [0.5, 0.6) is 11.5 Å². The van der Waals surface area contributed by atoms with Crippen LogP contribution in [0.15, 0.2) is 18.2 Å². The van der Waals surface area contributed by atoms with E-state index in [0.717, 1.165) is 43.1 Å². The summed E-state index contributed by atoms with van der Waals surface area (Å²) >= 11 is 0. The van der Waals surface area contributed by atoms with Crippen molar-refractivity contribution >= 4 is 5.91 Å². The van der Waals surface area contributed by atoms with Gasteiger partial charge < -0.3 is 14.4 Å². The lowest BCUT2D eigenvalue weighted by atomic mass is 9.99. The number of hydrogen-bond donors (Lipinski definition) is 0. The zero-order valence-electron chi connectivity index (χ0n) is 13.5. The topological polar surface area (TPSA) is 42.0 Å². The van der Waals surface area contributed by atoms with E-state index in [1.165, 1.54) is 25.8 Å². The Hall–Kier alpha value is -1.75. The van der Waals surface area contributed by atoms with Crippen LogP contribution in [0.1, 0.15) is 31.2 Å². The van der Waals surface area contributed by atoms with Crippen molar-refractivity contribution in [3.8, 4) is 11.5 Å². The van der Waals surface area contributed by atoms with Gasteiger partial charge in [0.05, 0.1) is 0 Å². The number of piperazine rings is 1. The van der Waals surface area contributed by atoms with Crippen LogP contribution < -0.4 is 9.47 Å². The summed E-state index contributed by atoms with van der Waals surface area (Å²) in [7, 11) is 0. The molecule has 0 unspecified atom stereocenters. The molecular formula is C18H24N2O3. The van der Waals surface area contributed by atoms with E-state index in [2.05, 4.69) is 9.80 Å². The predicted octanol–water partition coefficient (Wildman–Crippen LogP) is 2.04. The normalized spacial score (nSPS) is 23.7. The monoisotopic (exact) mass is 316 g/mol. The van der Waals surface area contributed by atoms with Crippen molar-refractivity contribution in [2.75, 3.05) is 33.0 Å². The average Bonchev–Trinajstić information content (AvgIpc) is 3.07. The van der Waals surface area contributed by atoms with Gasteiger partial charge in [-0.1, -0.05) is 12.5 Å². The number of amides is 1. The summed E-state index contributed by atoms with van der Waals surface area (Å²) < 4.78 is 10.7. The third kappa shape index (κ3) is 3.15. The van der Waals surface area contributed by atoms with Gasteiger partial charge in [-0.25, -0.2) is 0 Å². The summed E-state index contributed by atoms with van der Waals surface area (Å²) in [4.78, 5) is 17.2. The van der Waals surface area contributed by atoms with Crippen molar-refractivity contribution in [3.05, 3.63) is 23.8 Å². The maximum absolute atomic E-state index is 12.5. The van der Waals surface area contributed by atoms with Crippen LogP contribution in [0.25, 0.3) is 0 Å². The molecule has 2 fully saturated rings. The summed E-state index contributed by atoms with van der Waals surface area (Å²) in [5.41, 5.74) is 1.14. The first-order valence-corrected chi connectivity index (χ1v) is 8.70. The fraction of sp³-hybridized carbons (Fsp3) is 0.611. The first-order valence-electron chi connectivity index (χ1n) is 8.70. The molecule has 1 amide bonds. The predicted molar refractivity (Wildman–Crippen MR) is 86.7 cm³/mol. The molecule has 0 radical (unpaired) electrons. The van der Waals surface area contributed by atoms with Gasteiger partial charge in [0.25, 0.3) is 0 Å². The van der Waals surface area contributed by atoms with Crippen LogP contribution in [0.4, 0.5) is 0 Å². The highest BCUT2D eigenvalue weighted by Crippen LogP contribution is 2.32. The van der Waals surface area contributed by atoms with Crippen LogP contribution in [-0.2, 0) is 11.2 Å². The molecule has 0 saturated carbocycles. The summed E-state index contributed by atoms with van der Waals surface area (Å²) in [6.45, 7) is 4.35. The first-order chi connectivity index (χ1) is 11.3. The van der Waals surface area contributed by atoms with Gasteiger partial charge in [0, 0.05) is 32.1 Å². The Labute approximate surface area is 137 Å². The van der Waals surface area contributed by atoms with Gasteiger partial charge in [-0.3, -0.25) is 9.69 Å². The average molecular weight is 316 g/mol. The quantitative estimate of drug-likeness (QED) is 0.856. The minimum atomic E-state index is 0.285. The summed E-state index contributed by atoms with van der Waals surface area (Å²) in [5.74, 6) is 1.88. The second-order valence-corrected chi connectivity index (χ2v) is 6.71. The zero-order chi connectivity index (χ0) is 15.6. The van der Waals surface area contributed by atoms with Crippen LogP contribution in [0, 0.1) is 0 Å². The second kappa shape index (κ2) is 6.40. The molecule has 5 nitrogen and oxygen atoms in total. The SMILES string of the molecule is O=C(CCc1ccc2c(c1)OCO2)N1CCN2CCCC[C@H]2C1. The minimum Gasteiger partial charge on any atom is -0.454 e. The van der Waals surface area contributed by atoms with E-state index in [1.54, 1.807) is 0 Å². The van der Waals surface area contributed by atoms with Gasteiger partial charge in [-0.2, -0.15) is 0 Å². The molecule has 0 N–H and O–H groups in total. The molecule has 0 aromatic heterocycles. The second-order valence-electron chi connectivity index (χ2n) is 6.71. The van der Waals surface area contributed by atoms with Gasteiger partial charge in [0.15, 0.2) is 11.5 Å². The van der Waals surface area contributed by atoms with Gasteiger partial charge in [-0.15, -0.1) is 0 Å². The fourth-order valence-corrected chi connectivity index (χ4v) is 3.89. The zero-order valence-corrected chi connectivity index (χ0v) is 13.5. The number of aryl methyl sites for hydroxylation is 1. The van der Waals surface area contributed by atoms with Crippen molar-refractivity contribution in [2.24, 2.45) is 0 Å². The highest BCUT2D eigenvalue weighted by atomic mass is 16.7. The van der Waals surface area contributed by atoms with Gasteiger partial charge in [-0.05, 0) is 43.5 Å². The Morgan fingerprint density at radius 3 is 3.00 bits per heavy atom. The fourth-order valence-electron chi connectivity index (χ4n) is 3.89. The number of nitrogens with zero attached hydrogens (tertiary/aromatic N) is 2. The highest BCUT2D eigenvalue weighted by molar-refractivity contribution is 5.76. The molecule has 1 atom stereocenters. The molecule has 5 heteroatoms. The third-order valence-corrected chi connectivity index (χ3v) is 5.25. The van der Waals surface area contributed by atoms with E-state index in [4.69, 9.17) is 9.47 Å². The largest absolute Gasteiger partial charge is 0.454 e. The van der Waals surface area contributed by atoms with Crippen molar-refractivity contribution in [1.82, 2.24) is 9.80 Å². The number of carbonyl (C=O) groups is 1. The maximum Gasteiger partial charge on any atom is 0.231 e.